The monoisotopic (exact) mass is 754 g/mol. The standard InChI is InChI=1S/C57H42N2/c1-57(2)53-21-11-10-19-47(53)48-32-31-44(35-54(48)57)59(42-15-4-3-5-16-42)43-29-25-38(26-30-43)37-23-27-41(28-24-37)58-36-52-51-34-40-14-7-6-13-39(40)33-50(51)46-18-9-8-17-45(46)49-20-12-22-55(58)56(49)52/h3-19,21-36,49H,20H2,1-2H3. The van der Waals surface area contributed by atoms with E-state index in [1.54, 1.807) is 0 Å². The second-order valence-electron chi connectivity index (χ2n) is 16.9. The molecule has 0 saturated carbocycles. The van der Waals surface area contributed by atoms with Crippen LogP contribution in [0.1, 0.15) is 54.1 Å². The normalized spacial score (nSPS) is 15.1. The number of rotatable bonds is 5. The zero-order chi connectivity index (χ0) is 39.2. The Morgan fingerprint density at radius 1 is 0.492 bits per heavy atom. The molecule has 3 aliphatic carbocycles. The molecule has 280 valence electrons. The Morgan fingerprint density at radius 2 is 1.08 bits per heavy atom. The van der Waals surface area contributed by atoms with Crippen molar-refractivity contribution >= 4 is 33.9 Å². The van der Waals surface area contributed by atoms with Crippen molar-refractivity contribution in [2.24, 2.45) is 0 Å². The van der Waals surface area contributed by atoms with Gasteiger partial charge < -0.3 is 9.47 Å². The van der Waals surface area contributed by atoms with Gasteiger partial charge in [-0.25, -0.2) is 0 Å². The molecule has 0 radical (unpaired) electrons. The van der Waals surface area contributed by atoms with Gasteiger partial charge in [-0.05, 0) is 145 Å². The van der Waals surface area contributed by atoms with Gasteiger partial charge in [-0.2, -0.15) is 0 Å². The van der Waals surface area contributed by atoms with Crippen LogP contribution in [0.3, 0.4) is 0 Å². The summed E-state index contributed by atoms with van der Waals surface area (Å²) in [5.74, 6) is 0.311. The van der Waals surface area contributed by atoms with Crippen molar-refractivity contribution in [3.63, 3.8) is 0 Å². The lowest BCUT2D eigenvalue weighted by Gasteiger charge is -2.28. The Morgan fingerprint density at radius 3 is 1.85 bits per heavy atom. The van der Waals surface area contributed by atoms with E-state index in [4.69, 9.17) is 0 Å². The SMILES string of the molecule is CC1(C)c2ccccc2-c2ccc(N(c3ccccc3)c3ccc(-c4ccc(-n5cc6c7c5C=CCC7c5ccccc5-c5cc7ccccc7cc5-6)cc4)cc3)cc21. The zero-order valence-electron chi connectivity index (χ0n) is 33.2. The molecule has 8 aromatic carbocycles. The van der Waals surface area contributed by atoms with Crippen LogP contribution in [0.2, 0.25) is 0 Å². The lowest BCUT2D eigenvalue weighted by molar-refractivity contribution is 0.660. The van der Waals surface area contributed by atoms with Crippen molar-refractivity contribution < 1.29 is 0 Å². The van der Waals surface area contributed by atoms with E-state index >= 15 is 0 Å². The molecule has 0 amide bonds. The number of aromatic nitrogens is 1. The summed E-state index contributed by atoms with van der Waals surface area (Å²) in [6.07, 6.45) is 8.11. The maximum atomic E-state index is 2.42. The Bertz CT molecular complexity index is 3140. The smallest absolute Gasteiger partial charge is 0.0497 e. The summed E-state index contributed by atoms with van der Waals surface area (Å²) in [4.78, 5) is 2.38. The van der Waals surface area contributed by atoms with Gasteiger partial charge in [0.2, 0.25) is 0 Å². The summed E-state index contributed by atoms with van der Waals surface area (Å²) < 4.78 is 2.42. The first kappa shape index (κ1) is 33.9. The van der Waals surface area contributed by atoms with Gasteiger partial charge in [-0.3, -0.25) is 0 Å². The fraction of sp³-hybridized carbons (Fsp3) is 0.0877. The van der Waals surface area contributed by atoms with Crippen LogP contribution in [0, 0.1) is 0 Å². The van der Waals surface area contributed by atoms with Gasteiger partial charge in [0.05, 0.1) is 0 Å². The van der Waals surface area contributed by atoms with Crippen LogP contribution >= 0.6 is 0 Å². The molecule has 1 aromatic heterocycles. The van der Waals surface area contributed by atoms with Crippen LogP contribution in [-0.2, 0) is 5.41 Å². The molecule has 2 nitrogen and oxygen atoms in total. The summed E-state index contributed by atoms with van der Waals surface area (Å²) in [6, 6.07) is 67.4. The van der Waals surface area contributed by atoms with Crippen LogP contribution in [0.15, 0.2) is 194 Å². The molecule has 12 rings (SSSR count). The van der Waals surface area contributed by atoms with E-state index in [0.29, 0.717) is 5.92 Å². The molecular weight excluding hydrogens is 713 g/mol. The number of anilines is 3. The van der Waals surface area contributed by atoms with Crippen molar-refractivity contribution in [1.82, 2.24) is 4.57 Å². The van der Waals surface area contributed by atoms with Crippen molar-refractivity contribution in [3.8, 4) is 50.2 Å². The van der Waals surface area contributed by atoms with Crippen LogP contribution in [-0.4, -0.2) is 4.57 Å². The molecule has 2 heteroatoms. The van der Waals surface area contributed by atoms with Gasteiger partial charge in [0.15, 0.2) is 0 Å². The molecular formula is C57H42N2. The van der Waals surface area contributed by atoms with Gasteiger partial charge >= 0.3 is 0 Å². The summed E-state index contributed by atoms with van der Waals surface area (Å²) >= 11 is 0. The lowest BCUT2D eigenvalue weighted by atomic mass is 9.82. The first-order valence-electron chi connectivity index (χ1n) is 20.9. The number of fused-ring (bicyclic) bond motifs is 9. The average molecular weight is 755 g/mol. The molecule has 0 spiro atoms. The van der Waals surface area contributed by atoms with Crippen molar-refractivity contribution in [2.45, 2.75) is 31.6 Å². The third-order valence-electron chi connectivity index (χ3n) is 13.3. The molecule has 0 aliphatic heterocycles. The van der Waals surface area contributed by atoms with E-state index in [1.807, 2.05) is 0 Å². The molecule has 3 aliphatic rings. The Hall–Kier alpha value is -7.16. The maximum Gasteiger partial charge on any atom is 0.0497 e. The van der Waals surface area contributed by atoms with E-state index in [9.17, 15) is 0 Å². The maximum absolute atomic E-state index is 2.42. The Labute approximate surface area is 346 Å². The molecule has 59 heavy (non-hydrogen) atoms. The fourth-order valence-corrected chi connectivity index (χ4v) is 10.4. The van der Waals surface area contributed by atoms with Gasteiger partial charge in [0.1, 0.15) is 0 Å². The average Bonchev–Trinajstić information content (AvgIpc) is 3.75. The van der Waals surface area contributed by atoms with Crippen LogP contribution in [0.25, 0.3) is 67.0 Å². The predicted octanol–water partition coefficient (Wildman–Crippen LogP) is 15.3. The predicted molar refractivity (Wildman–Crippen MR) is 247 cm³/mol. The topological polar surface area (TPSA) is 8.17 Å². The highest BCUT2D eigenvalue weighted by Crippen LogP contribution is 2.53. The summed E-state index contributed by atoms with van der Waals surface area (Å²) in [6.45, 7) is 4.70. The molecule has 0 fully saturated rings. The highest BCUT2D eigenvalue weighted by Gasteiger charge is 2.36. The van der Waals surface area contributed by atoms with E-state index in [0.717, 1.165) is 23.5 Å². The molecule has 0 bridgehead atoms. The van der Waals surface area contributed by atoms with E-state index in [2.05, 4.69) is 224 Å². The minimum absolute atomic E-state index is 0.0693. The van der Waals surface area contributed by atoms with E-state index in [-0.39, 0.29) is 5.41 Å². The Kier molecular flexibility index (Phi) is 7.43. The summed E-state index contributed by atoms with van der Waals surface area (Å²) in [5, 5.41) is 2.56. The van der Waals surface area contributed by atoms with Crippen molar-refractivity contribution in [1.29, 1.82) is 0 Å². The zero-order valence-corrected chi connectivity index (χ0v) is 33.2. The van der Waals surface area contributed by atoms with Gasteiger partial charge in [-0.15, -0.1) is 0 Å². The second kappa shape index (κ2) is 12.9. The first-order chi connectivity index (χ1) is 29.0. The molecule has 1 unspecified atom stereocenters. The van der Waals surface area contributed by atoms with Crippen LogP contribution < -0.4 is 4.90 Å². The number of hydrogen-bond donors (Lipinski definition) is 0. The first-order valence-corrected chi connectivity index (χ1v) is 20.9. The number of para-hydroxylation sites is 1. The molecule has 0 saturated heterocycles. The summed E-state index contributed by atoms with van der Waals surface area (Å²) in [5.41, 5.74) is 21.9. The minimum Gasteiger partial charge on any atom is -0.316 e. The fourth-order valence-electron chi connectivity index (χ4n) is 10.4. The van der Waals surface area contributed by atoms with E-state index < -0.39 is 0 Å². The van der Waals surface area contributed by atoms with Gasteiger partial charge in [0, 0.05) is 51.5 Å². The highest BCUT2D eigenvalue weighted by atomic mass is 15.1. The number of allylic oxidation sites excluding steroid dienone is 1. The van der Waals surface area contributed by atoms with Crippen LogP contribution in [0.4, 0.5) is 17.1 Å². The molecule has 1 heterocycles. The largest absolute Gasteiger partial charge is 0.316 e. The quantitative estimate of drug-likeness (QED) is 0.170. The van der Waals surface area contributed by atoms with Crippen LogP contribution in [0.5, 0.6) is 0 Å². The number of nitrogens with zero attached hydrogens (tertiary/aromatic N) is 2. The lowest BCUT2D eigenvalue weighted by Crippen LogP contribution is -2.16. The molecule has 1 atom stereocenters. The summed E-state index contributed by atoms with van der Waals surface area (Å²) in [7, 11) is 0. The number of benzene rings is 8. The highest BCUT2D eigenvalue weighted by molar-refractivity contribution is 6.00. The third kappa shape index (κ3) is 5.19. The van der Waals surface area contributed by atoms with Crippen molar-refractivity contribution in [2.75, 3.05) is 4.90 Å². The molecule has 9 aromatic rings. The molecule has 0 N–H and O–H groups in total. The van der Waals surface area contributed by atoms with Gasteiger partial charge in [-0.1, -0.05) is 141 Å². The third-order valence-corrected chi connectivity index (χ3v) is 13.3. The minimum atomic E-state index is -0.0693. The van der Waals surface area contributed by atoms with E-state index in [1.165, 1.54) is 88.9 Å². The van der Waals surface area contributed by atoms with Gasteiger partial charge in [0.25, 0.3) is 0 Å². The number of hydrogen-bond acceptors (Lipinski definition) is 1. The van der Waals surface area contributed by atoms with Crippen molar-refractivity contribution in [3.05, 3.63) is 222 Å². The Balaban J connectivity index is 0.904. The second-order valence-corrected chi connectivity index (χ2v) is 16.9.